The van der Waals surface area contributed by atoms with E-state index < -0.39 is 60.9 Å². The summed E-state index contributed by atoms with van der Waals surface area (Å²) in [7, 11) is -4.17. The summed E-state index contributed by atoms with van der Waals surface area (Å²) >= 11 is 0. The molecule has 1 heterocycles. The Labute approximate surface area is 353 Å². The van der Waals surface area contributed by atoms with Gasteiger partial charge in [0.2, 0.25) is 0 Å². The minimum atomic E-state index is -4.17. The molecule has 13 heteroatoms. The monoisotopic (exact) mass is 846 g/mol. The molecule has 4 aromatic rings. The van der Waals surface area contributed by atoms with Crippen LogP contribution < -0.4 is 0 Å². The fraction of sp³-hybridized carbons (Fsp3) is 0.447. The van der Waals surface area contributed by atoms with Crippen molar-refractivity contribution >= 4 is 19.5 Å². The lowest BCUT2D eigenvalue weighted by Gasteiger charge is -2.46. The number of carboxylic acids is 2. The van der Waals surface area contributed by atoms with Gasteiger partial charge in [-0.15, -0.1) is 0 Å². The summed E-state index contributed by atoms with van der Waals surface area (Å²) in [4.78, 5) is 23.9. The Morgan fingerprint density at radius 1 is 0.550 bits per heavy atom. The van der Waals surface area contributed by atoms with Crippen molar-refractivity contribution in [2.75, 3.05) is 26.0 Å². The van der Waals surface area contributed by atoms with E-state index in [9.17, 15) is 19.8 Å². The predicted octanol–water partition coefficient (Wildman–Crippen LogP) is 8.95. The Morgan fingerprint density at radius 2 is 0.900 bits per heavy atom. The number of aliphatic carboxylic acids is 2. The third kappa shape index (κ3) is 14.5. The van der Waals surface area contributed by atoms with E-state index in [1.807, 2.05) is 121 Å². The Hall–Kier alpha value is -4.23. The van der Waals surface area contributed by atoms with E-state index in [0.717, 1.165) is 22.3 Å². The Bertz CT molecular complexity index is 1890. The third-order valence-electron chi connectivity index (χ3n) is 10.6. The molecule has 1 aliphatic heterocycles. The van der Waals surface area contributed by atoms with Crippen LogP contribution in [0.3, 0.4) is 0 Å². The molecule has 0 amide bonds. The van der Waals surface area contributed by atoms with Gasteiger partial charge in [-0.3, -0.25) is 14.2 Å². The van der Waals surface area contributed by atoms with Gasteiger partial charge < -0.3 is 42.9 Å². The van der Waals surface area contributed by atoms with Crippen LogP contribution in [0.5, 0.6) is 0 Å². The number of benzene rings is 4. The maximum atomic E-state index is 15.0. The lowest BCUT2D eigenvalue weighted by molar-refractivity contribution is -0.268. The molecule has 0 aliphatic carbocycles. The van der Waals surface area contributed by atoms with Crippen molar-refractivity contribution in [1.29, 1.82) is 0 Å². The summed E-state index contributed by atoms with van der Waals surface area (Å²) in [6.07, 6.45) is -4.44. The molecule has 1 saturated heterocycles. The zero-order chi connectivity index (χ0) is 43.0. The van der Waals surface area contributed by atoms with Crippen LogP contribution in [-0.2, 0) is 73.3 Å². The molecular weight excluding hydrogens is 787 g/mol. The lowest BCUT2D eigenvalue weighted by Crippen LogP contribution is -2.62. The number of carbonyl (C=O) groups is 2. The zero-order valence-electron chi connectivity index (χ0n) is 34.9. The van der Waals surface area contributed by atoms with E-state index >= 15 is 4.57 Å². The first-order valence-electron chi connectivity index (χ1n) is 20.3. The van der Waals surface area contributed by atoms with Crippen molar-refractivity contribution in [1.82, 2.24) is 0 Å². The van der Waals surface area contributed by atoms with E-state index in [-0.39, 0.29) is 58.6 Å². The maximum Gasteiger partial charge on any atom is 0.333 e. The van der Waals surface area contributed by atoms with E-state index in [2.05, 4.69) is 0 Å². The maximum absolute atomic E-state index is 15.0. The predicted molar refractivity (Wildman–Crippen MR) is 226 cm³/mol. The van der Waals surface area contributed by atoms with E-state index in [1.165, 1.54) is 0 Å². The highest BCUT2D eigenvalue weighted by Crippen LogP contribution is 2.52. The Kier molecular flexibility index (Phi) is 17.6. The number of rotatable bonds is 25. The fourth-order valence-electron chi connectivity index (χ4n) is 6.49. The van der Waals surface area contributed by atoms with Gasteiger partial charge in [0, 0.05) is 0 Å². The van der Waals surface area contributed by atoms with Gasteiger partial charge in [0.05, 0.1) is 69.3 Å². The van der Waals surface area contributed by atoms with Crippen LogP contribution in [0.4, 0.5) is 0 Å². The van der Waals surface area contributed by atoms with E-state index in [1.54, 1.807) is 27.7 Å². The highest BCUT2D eigenvalue weighted by molar-refractivity contribution is 7.53. The first kappa shape index (κ1) is 46.8. The molecule has 0 radical (unpaired) electrons. The summed E-state index contributed by atoms with van der Waals surface area (Å²) in [5.41, 5.74) is 1.34. The van der Waals surface area contributed by atoms with Crippen molar-refractivity contribution in [3.05, 3.63) is 144 Å². The smallest absolute Gasteiger partial charge is 0.333 e. The molecule has 0 unspecified atom stereocenters. The van der Waals surface area contributed by atoms with Gasteiger partial charge >= 0.3 is 19.5 Å². The Morgan fingerprint density at radius 3 is 1.28 bits per heavy atom. The summed E-state index contributed by atoms with van der Waals surface area (Å²) in [5.74, 6) is -2.07. The molecule has 1 aliphatic rings. The summed E-state index contributed by atoms with van der Waals surface area (Å²) in [6, 6.07) is 38.8. The van der Waals surface area contributed by atoms with Gasteiger partial charge in [-0.25, -0.2) is 0 Å². The summed E-state index contributed by atoms with van der Waals surface area (Å²) in [5, 5.41) is 19.6. The van der Waals surface area contributed by atoms with Gasteiger partial charge in [-0.2, -0.15) is 0 Å². The van der Waals surface area contributed by atoms with Crippen molar-refractivity contribution in [3.63, 3.8) is 0 Å². The van der Waals surface area contributed by atoms with Gasteiger partial charge in [0.15, 0.2) is 0 Å². The van der Waals surface area contributed by atoms with Crippen LogP contribution in [0.25, 0.3) is 0 Å². The van der Waals surface area contributed by atoms with Crippen LogP contribution >= 0.6 is 7.60 Å². The van der Waals surface area contributed by atoms with Gasteiger partial charge in [0.1, 0.15) is 24.4 Å². The van der Waals surface area contributed by atoms with Crippen molar-refractivity contribution in [3.8, 4) is 0 Å². The van der Waals surface area contributed by atoms with Crippen LogP contribution in [0.1, 0.15) is 62.8 Å². The molecule has 0 saturated carbocycles. The topological polar surface area (TPSA) is 156 Å². The molecule has 4 aromatic carbocycles. The second kappa shape index (κ2) is 22.6. The number of carboxylic acid groups (broad SMARTS) is 2. The molecule has 2 N–H and O–H groups in total. The average molecular weight is 847 g/mol. The first-order valence-corrected chi connectivity index (χ1v) is 22.1. The molecule has 1 fully saturated rings. The second-order valence-corrected chi connectivity index (χ2v) is 18.4. The minimum Gasteiger partial charge on any atom is -0.481 e. The van der Waals surface area contributed by atoms with Crippen molar-refractivity contribution < 1.29 is 57.1 Å². The molecule has 12 nitrogen and oxygen atoms in total. The van der Waals surface area contributed by atoms with Gasteiger partial charge in [0.25, 0.3) is 0 Å². The normalized spacial score (nSPS) is 19.8. The third-order valence-corrected chi connectivity index (χ3v) is 12.5. The SMILES string of the molecule is CC(C)(CCOP(=O)(C[C@H]1O[C@H](COCc2ccccc2)[C@@H](OCc2ccccc2)[C@H](OCc2ccccc2)[C@@H]1OCc1ccccc1)OCCC(C)(C)C(=O)O)C(=O)O. The molecule has 324 valence electrons. The van der Waals surface area contributed by atoms with Crippen molar-refractivity contribution in [2.24, 2.45) is 10.8 Å². The number of hydrogen-bond acceptors (Lipinski definition) is 10. The van der Waals surface area contributed by atoms with Gasteiger partial charge in [-0.05, 0) is 62.8 Å². The number of hydrogen-bond donors (Lipinski definition) is 2. The largest absolute Gasteiger partial charge is 0.481 e. The van der Waals surface area contributed by atoms with Crippen LogP contribution in [-0.4, -0.2) is 78.7 Å². The average Bonchev–Trinajstić information content (AvgIpc) is 3.23. The quantitative estimate of drug-likeness (QED) is 0.0612. The second-order valence-electron chi connectivity index (χ2n) is 16.3. The molecular formula is C47H59O12P. The van der Waals surface area contributed by atoms with Crippen LogP contribution in [0.2, 0.25) is 0 Å². The molecule has 0 aromatic heterocycles. The fourth-order valence-corrected chi connectivity index (χ4v) is 8.25. The Balaban J connectivity index is 1.52. The van der Waals surface area contributed by atoms with Gasteiger partial charge in [-0.1, -0.05) is 121 Å². The zero-order valence-corrected chi connectivity index (χ0v) is 35.8. The molecule has 0 spiro atoms. The minimum absolute atomic E-state index is 0.0317. The van der Waals surface area contributed by atoms with Crippen molar-refractivity contribution in [2.45, 2.75) is 97.5 Å². The summed E-state index contributed by atoms with van der Waals surface area (Å²) < 4.78 is 60.7. The lowest BCUT2D eigenvalue weighted by atomic mass is 9.90. The van der Waals surface area contributed by atoms with E-state index in [0.29, 0.717) is 6.61 Å². The highest BCUT2D eigenvalue weighted by atomic mass is 31.2. The number of ether oxygens (including phenoxy) is 5. The molecule has 5 atom stereocenters. The van der Waals surface area contributed by atoms with E-state index in [4.69, 9.17) is 32.7 Å². The first-order chi connectivity index (χ1) is 28.7. The summed E-state index contributed by atoms with van der Waals surface area (Å²) in [6.45, 7) is 6.77. The van der Waals surface area contributed by atoms with Crippen LogP contribution in [0.15, 0.2) is 121 Å². The highest BCUT2D eigenvalue weighted by Gasteiger charge is 2.51. The molecule has 0 bridgehead atoms. The van der Waals surface area contributed by atoms with Crippen LogP contribution in [0, 0.1) is 10.8 Å². The molecule has 5 rings (SSSR count). The standard InChI is InChI=1S/C47H59O12P/c1-46(2,44(48)49)25-27-57-60(52,58-28-26-47(3,4)45(50)51)34-40-42(55-31-37-21-13-7-14-22-37)43(56-32-38-23-15-8-16-24-38)41(54-30-36-19-11-6-12-20-36)39(59-40)33-53-29-35-17-9-5-10-18-35/h5-24,39-43H,25-34H2,1-4H3,(H,48,49)(H,50,51)/t39-,40-,41-,42-,43+/m1/s1. The molecule has 60 heavy (non-hydrogen) atoms.